The molecule has 0 aliphatic heterocycles. The highest BCUT2D eigenvalue weighted by atomic mass is 16.5. The first kappa shape index (κ1) is 21.9. The van der Waals surface area contributed by atoms with Gasteiger partial charge in [0.1, 0.15) is 18.1 Å². The number of hydrogen-bond acceptors (Lipinski definition) is 7. The molecular weight excluding hydrogens is 352 g/mol. The van der Waals surface area contributed by atoms with Crippen molar-refractivity contribution in [1.29, 1.82) is 5.41 Å². The Morgan fingerprint density at radius 1 is 1.15 bits per heavy atom. The third-order valence-electron chi connectivity index (χ3n) is 3.65. The lowest BCUT2D eigenvalue weighted by Crippen LogP contribution is -2.28. The molecule has 8 heteroatoms. The molecule has 0 saturated heterocycles. The maximum atomic E-state index is 12.1. The second-order valence-electron chi connectivity index (χ2n) is 5.89. The largest absolute Gasteiger partial charge is 0.508 e. The number of rotatable bonds is 9. The number of aliphatic hydroxyl groups excluding tert-OH is 1. The molecule has 0 heterocycles. The number of ether oxygens (including phenoxy) is 2. The smallest absolute Gasteiger partial charge is 0.308 e. The molecule has 0 aromatic heterocycles. The topological polar surface area (TPSA) is 126 Å². The Morgan fingerprint density at radius 3 is 2.19 bits per heavy atom. The summed E-state index contributed by atoms with van der Waals surface area (Å²) in [6.07, 6.45) is -0.168. The number of benzene rings is 1. The normalized spacial score (nSPS) is 12.4. The zero-order valence-electron chi connectivity index (χ0n) is 15.8. The van der Waals surface area contributed by atoms with Gasteiger partial charge in [0.2, 0.25) is 5.91 Å². The summed E-state index contributed by atoms with van der Waals surface area (Å²) in [5.74, 6) is -1.34. The molecule has 1 amide bonds. The van der Waals surface area contributed by atoms with Crippen molar-refractivity contribution in [2.24, 2.45) is 0 Å². The summed E-state index contributed by atoms with van der Waals surface area (Å²) < 4.78 is 10.1. The third kappa shape index (κ3) is 6.93. The lowest BCUT2D eigenvalue weighted by molar-refractivity contribution is -0.144. The molecule has 1 aromatic carbocycles. The summed E-state index contributed by atoms with van der Waals surface area (Å²) in [5.41, 5.74) is 0.379. The van der Waals surface area contributed by atoms with Gasteiger partial charge in [0.25, 0.3) is 0 Å². The van der Waals surface area contributed by atoms with Crippen LogP contribution >= 0.6 is 0 Å². The van der Waals surface area contributed by atoms with E-state index in [9.17, 15) is 19.5 Å². The Kier molecular flexibility index (Phi) is 8.19. The standard InChI is InChI=1S/C19H24N2O6/c1-11(20)19(12(2)22)17(24)10-27-18(25)9-16(21-13(3)23)14-5-7-15(26-4)8-6-14/h5-8,16,20,24H,9-10H2,1-4H3,(H,21,23)/b19-17-,20-11?. The van der Waals surface area contributed by atoms with Crippen LogP contribution in [0.3, 0.4) is 0 Å². The molecule has 1 rings (SSSR count). The molecule has 146 valence electrons. The fourth-order valence-corrected chi connectivity index (χ4v) is 2.46. The number of esters is 1. The number of aliphatic hydroxyl groups is 1. The molecule has 8 nitrogen and oxygen atoms in total. The predicted molar refractivity (Wildman–Crippen MR) is 98.9 cm³/mol. The van der Waals surface area contributed by atoms with E-state index in [1.807, 2.05) is 0 Å². The van der Waals surface area contributed by atoms with Gasteiger partial charge in [-0.2, -0.15) is 0 Å². The van der Waals surface area contributed by atoms with Crippen molar-refractivity contribution in [2.45, 2.75) is 33.2 Å². The van der Waals surface area contributed by atoms with Crippen molar-refractivity contribution < 1.29 is 29.0 Å². The van der Waals surface area contributed by atoms with Crippen LogP contribution < -0.4 is 10.1 Å². The molecule has 1 atom stereocenters. The molecule has 0 saturated carbocycles. The highest BCUT2D eigenvalue weighted by Gasteiger charge is 2.20. The van der Waals surface area contributed by atoms with Gasteiger partial charge in [-0.3, -0.25) is 14.4 Å². The Morgan fingerprint density at radius 2 is 1.74 bits per heavy atom. The van der Waals surface area contributed by atoms with Crippen LogP contribution in [0, 0.1) is 5.41 Å². The number of hydrogen-bond donors (Lipinski definition) is 3. The SMILES string of the molecule is COc1ccc(C(CC(=O)OC/C(O)=C(\C(C)=N)C(C)=O)NC(C)=O)cc1. The average Bonchev–Trinajstić information content (AvgIpc) is 2.58. The van der Waals surface area contributed by atoms with Gasteiger partial charge in [0.15, 0.2) is 5.78 Å². The van der Waals surface area contributed by atoms with Gasteiger partial charge in [0, 0.05) is 12.6 Å². The van der Waals surface area contributed by atoms with Crippen LogP contribution in [0.1, 0.15) is 38.8 Å². The minimum Gasteiger partial charge on any atom is -0.508 e. The monoisotopic (exact) mass is 376 g/mol. The second-order valence-corrected chi connectivity index (χ2v) is 5.89. The van der Waals surface area contributed by atoms with Crippen molar-refractivity contribution in [3.05, 3.63) is 41.2 Å². The van der Waals surface area contributed by atoms with Crippen LogP contribution in [0.4, 0.5) is 0 Å². The Labute approximate surface area is 157 Å². The molecule has 3 N–H and O–H groups in total. The number of carbonyl (C=O) groups excluding carboxylic acids is 3. The predicted octanol–water partition coefficient (Wildman–Crippen LogP) is 2.25. The number of allylic oxidation sites excluding steroid dienone is 1. The summed E-state index contributed by atoms with van der Waals surface area (Å²) in [4.78, 5) is 35.0. The summed E-state index contributed by atoms with van der Waals surface area (Å²) in [7, 11) is 1.53. The first-order chi connectivity index (χ1) is 12.6. The van der Waals surface area contributed by atoms with E-state index >= 15 is 0 Å². The van der Waals surface area contributed by atoms with E-state index in [0.29, 0.717) is 11.3 Å². The first-order valence-corrected chi connectivity index (χ1v) is 8.21. The molecule has 0 radical (unpaired) electrons. The Balaban J connectivity index is 2.84. The van der Waals surface area contributed by atoms with Crippen molar-refractivity contribution in [3.63, 3.8) is 0 Å². The second kappa shape index (κ2) is 10.1. The maximum Gasteiger partial charge on any atom is 0.308 e. The quantitative estimate of drug-likeness (QED) is 0.263. The van der Waals surface area contributed by atoms with E-state index in [1.54, 1.807) is 24.3 Å². The molecule has 0 fully saturated rings. The molecule has 1 unspecified atom stereocenters. The van der Waals surface area contributed by atoms with Crippen LogP contribution in [-0.4, -0.2) is 42.2 Å². The highest BCUT2D eigenvalue weighted by Crippen LogP contribution is 2.21. The molecule has 27 heavy (non-hydrogen) atoms. The van der Waals surface area contributed by atoms with E-state index in [1.165, 1.54) is 27.9 Å². The lowest BCUT2D eigenvalue weighted by atomic mass is 10.0. The number of amides is 1. The van der Waals surface area contributed by atoms with Gasteiger partial charge in [-0.25, -0.2) is 0 Å². The zero-order chi connectivity index (χ0) is 20.6. The van der Waals surface area contributed by atoms with Gasteiger partial charge >= 0.3 is 5.97 Å². The molecule has 0 bridgehead atoms. The maximum absolute atomic E-state index is 12.1. The van der Waals surface area contributed by atoms with E-state index in [4.69, 9.17) is 14.9 Å². The number of nitrogens with one attached hydrogen (secondary N) is 2. The molecule has 0 aliphatic rings. The van der Waals surface area contributed by atoms with Gasteiger partial charge in [-0.1, -0.05) is 12.1 Å². The van der Waals surface area contributed by atoms with E-state index in [-0.39, 0.29) is 23.6 Å². The summed E-state index contributed by atoms with van der Waals surface area (Å²) in [6, 6.07) is 6.22. The lowest BCUT2D eigenvalue weighted by Gasteiger charge is -2.18. The summed E-state index contributed by atoms with van der Waals surface area (Å²) >= 11 is 0. The van der Waals surface area contributed by atoms with E-state index < -0.39 is 30.2 Å². The third-order valence-corrected chi connectivity index (χ3v) is 3.65. The van der Waals surface area contributed by atoms with Crippen LogP contribution in [-0.2, 0) is 19.1 Å². The van der Waals surface area contributed by atoms with E-state index in [0.717, 1.165) is 0 Å². The molecule has 0 aliphatic carbocycles. The summed E-state index contributed by atoms with van der Waals surface area (Å²) in [5, 5.41) is 20.1. The minimum absolute atomic E-state index is 0.120. The average molecular weight is 376 g/mol. The van der Waals surface area contributed by atoms with Gasteiger partial charge in [0.05, 0.1) is 25.1 Å². The van der Waals surface area contributed by atoms with Crippen LogP contribution in [0.15, 0.2) is 35.6 Å². The van der Waals surface area contributed by atoms with E-state index in [2.05, 4.69) is 5.32 Å². The van der Waals surface area contributed by atoms with Gasteiger partial charge in [-0.05, 0) is 31.5 Å². The van der Waals surface area contributed by atoms with Gasteiger partial charge < -0.3 is 25.3 Å². The number of ketones is 1. The van der Waals surface area contributed by atoms with Crippen LogP contribution in [0.25, 0.3) is 0 Å². The van der Waals surface area contributed by atoms with Crippen molar-refractivity contribution >= 4 is 23.4 Å². The zero-order valence-corrected chi connectivity index (χ0v) is 15.8. The first-order valence-electron chi connectivity index (χ1n) is 8.21. The Bertz CT molecular complexity index is 736. The molecular formula is C19H24N2O6. The number of Topliss-reactive ketones (excluding diaryl/α,β-unsaturated/α-hetero) is 1. The summed E-state index contributed by atoms with van der Waals surface area (Å²) in [6.45, 7) is 3.37. The van der Waals surface area contributed by atoms with Crippen molar-refractivity contribution in [1.82, 2.24) is 5.32 Å². The van der Waals surface area contributed by atoms with Crippen molar-refractivity contribution in [3.8, 4) is 5.75 Å². The number of methoxy groups -OCH3 is 1. The number of carbonyl (C=O) groups is 3. The van der Waals surface area contributed by atoms with Crippen LogP contribution in [0.2, 0.25) is 0 Å². The minimum atomic E-state index is -0.679. The fraction of sp³-hybridized carbons (Fsp3) is 0.368. The fourth-order valence-electron chi connectivity index (χ4n) is 2.46. The van der Waals surface area contributed by atoms with Crippen LogP contribution in [0.5, 0.6) is 5.75 Å². The highest BCUT2D eigenvalue weighted by molar-refractivity contribution is 6.19. The van der Waals surface area contributed by atoms with Gasteiger partial charge in [-0.15, -0.1) is 0 Å². The molecule has 1 aromatic rings. The van der Waals surface area contributed by atoms with Crippen molar-refractivity contribution in [2.75, 3.05) is 13.7 Å². The molecule has 0 spiro atoms. The Hall–Kier alpha value is -3.16.